The molecule has 0 bridgehead atoms. The van der Waals surface area contributed by atoms with Gasteiger partial charge in [-0.15, -0.1) is 11.3 Å². The van der Waals surface area contributed by atoms with Gasteiger partial charge in [-0.1, -0.05) is 24.7 Å². The summed E-state index contributed by atoms with van der Waals surface area (Å²) in [6.45, 7) is -0.185. The fourth-order valence-corrected chi connectivity index (χ4v) is 3.29. The van der Waals surface area contributed by atoms with Crippen molar-refractivity contribution < 1.29 is 15.0 Å². The molecule has 0 spiro atoms. The topological polar surface area (TPSA) is 60.8 Å². The predicted octanol–water partition coefficient (Wildman–Crippen LogP) is 1.47. The summed E-state index contributed by atoms with van der Waals surface area (Å²) in [5.74, 6) is 5.28. The maximum atomic E-state index is 12.4. The minimum Gasteiger partial charge on any atom is -0.391 e. The monoisotopic (exact) mass is 293 g/mol. The van der Waals surface area contributed by atoms with E-state index >= 15 is 0 Å². The summed E-state index contributed by atoms with van der Waals surface area (Å²) in [6.07, 6.45) is 3.27. The van der Waals surface area contributed by atoms with E-state index in [2.05, 4.69) is 11.8 Å². The Labute approximate surface area is 123 Å². The minimum absolute atomic E-state index is 0.0794. The standard InChI is InChI=1S/C15H19NO3S/c1-16(13-6-2-3-7-14(13)18)15(19)11-9-12(20-10-11)5-4-8-17/h9-10,13-14,17-18H,2-3,6-8H2,1H3. The van der Waals surface area contributed by atoms with Gasteiger partial charge in [-0.2, -0.15) is 0 Å². The number of carbonyl (C=O) groups excluding carboxylic acids is 1. The van der Waals surface area contributed by atoms with Crippen LogP contribution in [0.2, 0.25) is 0 Å². The fourth-order valence-electron chi connectivity index (χ4n) is 2.54. The second-order valence-electron chi connectivity index (χ2n) is 4.99. The molecule has 1 aromatic heterocycles. The quantitative estimate of drug-likeness (QED) is 0.812. The predicted molar refractivity (Wildman–Crippen MR) is 78.6 cm³/mol. The van der Waals surface area contributed by atoms with Gasteiger partial charge in [0.2, 0.25) is 0 Å². The van der Waals surface area contributed by atoms with Crippen molar-refractivity contribution in [2.24, 2.45) is 0 Å². The van der Waals surface area contributed by atoms with Gasteiger partial charge in [-0.25, -0.2) is 0 Å². The number of thiophene rings is 1. The van der Waals surface area contributed by atoms with Crippen LogP contribution in [0.15, 0.2) is 11.4 Å². The second-order valence-corrected chi connectivity index (χ2v) is 5.91. The highest BCUT2D eigenvalue weighted by Gasteiger charge is 2.30. The summed E-state index contributed by atoms with van der Waals surface area (Å²) < 4.78 is 0. The van der Waals surface area contributed by atoms with E-state index in [0.717, 1.165) is 30.6 Å². The van der Waals surface area contributed by atoms with Gasteiger partial charge in [-0.3, -0.25) is 4.79 Å². The normalized spacial score (nSPS) is 21.9. The van der Waals surface area contributed by atoms with E-state index in [0.29, 0.717) is 5.56 Å². The van der Waals surface area contributed by atoms with Crippen LogP contribution in [-0.4, -0.2) is 46.8 Å². The van der Waals surface area contributed by atoms with Gasteiger partial charge in [0.25, 0.3) is 5.91 Å². The summed E-state index contributed by atoms with van der Waals surface area (Å²) >= 11 is 1.39. The third-order valence-corrected chi connectivity index (χ3v) is 4.49. The van der Waals surface area contributed by atoms with Crippen molar-refractivity contribution in [2.45, 2.75) is 37.8 Å². The van der Waals surface area contributed by atoms with Gasteiger partial charge in [0.1, 0.15) is 6.61 Å². The van der Waals surface area contributed by atoms with Crippen LogP contribution in [0.1, 0.15) is 40.9 Å². The van der Waals surface area contributed by atoms with Gasteiger partial charge in [0, 0.05) is 12.4 Å². The van der Waals surface area contributed by atoms with Crippen LogP contribution in [0.3, 0.4) is 0 Å². The maximum Gasteiger partial charge on any atom is 0.254 e. The number of nitrogens with zero attached hydrogens (tertiary/aromatic N) is 1. The highest BCUT2D eigenvalue weighted by Crippen LogP contribution is 2.24. The molecule has 0 aromatic carbocycles. The molecule has 1 aromatic rings. The molecule has 2 unspecified atom stereocenters. The first kappa shape index (κ1) is 15.0. The zero-order valence-corrected chi connectivity index (χ0v) is 12.3. The van der Waals surface area contributed by atoms with Crippen LogP contribution in [0.25, 0.3) is 0 Å². The molecule has 1 fully saturated rings. The molecule has 1 heterocycles. The molecule has 2 atom stereocenters. The number of rotatable bonds is 2. The first-order valence-electron chi connectivity index (χ1n) is 6.77. The lowest BCUT2D eigenvalue weighted by Crippen LogP contribution is -2.46. The number of aliphatic hydroxyl groups excluding tert-OH is 2. The van der Waals surface area contributed by atoms with E-state index in [9.17, 15) is 9.90 Å². The Kier molecular flexibility index (Phi) is 5.18. The lowest BCUT2D eigenvalue weighted by molar-refractivity contribution is 0.0268. The lowest BCUT2D eigenvalue weighted by atomic mass is 9.91. The van der Waals surface area contributed by atoms with Crippen molar-refractivity contribution in [3.8, 4) is 11.8 Å². The first-order valence-corrected chi connectivity index (χ1v) is 7.65. The van der Waals surface area contributed by atoms with Crippen molar-refractivity contribution in [2.75, 3.05) is 13.7 Å². The van der Waals surface area contributed by atoms with Gasteiger partial charge < -0.3 is 15.1 Å². The van der Waals surface area contributed by atoms with E-state index in [-0.39, 0.29) is 18.6 Å². The maximum absolute atomic E-state index is 12.4. The Morgan fingerprint density at radius 3 is 2.95 bits per heavy atom. The van der Waals surface area contributed by atoms with Crippen molar-refractivity contribution in [1.82, 2.24) is 4.90 Å². The fraction of sp³-hybridized carbons (Fsp3) is 0.533. The molecule has 2 N–H and O–H groups in total. The molecule has 0 aliphatic heterocycles. The molecule has 0 radical (unpaired) electrons. The zero-order chi connectivity index (χ0) is 14.5. The Hall–Kier alpha value is -1.35. The molecule has 0 saturated heterocycles. The van der Waals surface area contributed by atoms with Gasteiger partial charge in [-0.05, 0) is 18.9 Å². The second kappa shape index (κ2) is 6.89. The van der Waals surface area contributed by atoms with Crippen LogP contribution in [0.4, 0.5) is 0 Å². The van der Waals surface area contributed by atoms with Crippen LogP contribution >= 0.6 is 11.3 Å². The van der Waals surface area contributed by atoms with Crippen LogP contribution in [-0.2, 0) is 0 Å². The summed E-state index contributed by atoms with van der Waals surface area (Å²) in [4.78, 5) is 14.8. The van der Waals surface area contributed by atoms with Crippen molar-refractivity contribution in [3.05, 3.63) is 21.9 Å². The number of likely N-dealkylation sites (N-methyl/N-ethyl adjacent to an activating group) is 1. The molecule has 1 saturated carbocycles. The Bertz CT molecular complexity index is 529. The molecule has 1 amide bonds. The van der Waals surface area contributed by atoms with Gasteiger partial charge >= 0.3 is 0 Å². The smallest absolute Gasteiger partial charge is 0.254 e. The SMILES string of the molecule is CN(C(=O)c1csc(C#CCO)c1)C1CCCCC1O. The Balaban J connectivity index is 2.08. The third-order valence-electron chi connectivity index (χ3n) is 3.65. The van der Waals surface area contributed by atoms with Crippen LogP contribution in [0.5, 0.6) is 0 Å². The number of aliphatic hydroxyl groups is 2. The number of hydrogen-bond acceptors (Lipinski definition) is 4. The lowest BCUT2D eigenvalue weighted by Gasteiger charge is -2.35. The summed E-state index contributed by atoms with van der Waals surface area (Å²) in [6, 6.07) is 1.64. The first-order chi connectivity index (χ1) is 9.63. The Morgan fingerprint density at radius 2 is 2.25 bits per heavy atom. The zero-order valence-electron chi connectivity index (χ0n) is 11.5. The summed E-state index contributed by atoms with van der Waals surface area (Å²) in [7, 11) is 1.75. The van der Waals surface area contributed by atoms with Crippen LogP contribution < -0.4 is 0 Å². The molecular weight excluding hydrogens is 274 g/mol. The van der Waals surface area contributed by atoms with E-state index < -0.39 is 6.10 Å². The largest absolute Gasteiger partial charge is 0.391 e. The highest BCUT2D eigenvalue weighted by atomic mass is 32.1. The summed E-state index contributed by atoms with van der Waals surface area (Å²) in [5, 5.41) is 20.4. The van der Waals surface area contributed by atoms with Gasteiger partial charge in [0.15, 0.2) is 0 Å². The summed E-state index contributed by atoms with van der Waals surface area (Å²) in [5.41, 5.74) is 0.595. The Morgan fingerprint density at radius 1 is 1.50 bits per heavy atom. The molecular formula is C15H19NO3S. The molecule has 2 rings (SSSR count). The van der Waals surface area contributed by atoms with Crippen LogP contribution in [0, 0.1) is 11.8 Å². The average molecular weight is 293 g/mol. The third kappa shape index (κ3) is 3.40. The highest BCUT2D eigenvalue weighted by molar-refractivity contribution is 7.10. The van der Waals surface area contributed by atoms with E-state index in [4.69, 9.17) is 5.11 Å². The van der Waals surface area contributed by atoms with Crippen molar-refractivity contribution >= 4 is 17.2 Å². The molecule has 20 heavy (non-hydrogen) atoms. The number of amides is 1. The van der Waals surface area contributed by atoms with Crippen molar-refractivity contribution in [1.29, 1.82) is 0 Å². The molecule has 4 nitrogen and oxygen atoms in total. The minimum atomic E-state index is -0.426. The van der Waals surface area contributed by atoms with E-state index in [1.165, 1.54) is 11.3 Å². The van der Waals surface area contributed by atoms with Gasteiger partial charge in [0.05, 0.1) is 22.6 Å². The average Bonchev–Trinajstić information content (AvgIpc) is 2.93. The molecule has 5 heteroatoms. The van der Waals surface area contributed by atoms with Crippen molar-refractivity contribution in [3.63, 3.8) is 0 Å². The number of carbonyl (C=O) groups is 1. The van der Waals surface area contributed by atoms with E-state index in [1.807, 2.05) is 0 Å². The number of hydrogen-bond donors (Lipinski definition) is 2. The molecule has 108 valence electrons. The van der Waals surface area contributed by atoms with E-state index in [1.54, 1.807) is 23.4 Å². The molecule has 1 aliphatic rings. The molecule has 1 aliphatic carbocycles.